The molecule has 1 rings (SSSR count). The molecule has 0 fully saturated rings. The first-order valence-electron chi connectivity index (χ1n) is 7.51. The first-order valence-corrected chi connectivity index (χ1v) is 9.00. The van der Waals surface area contributed by atoms with Gasteiger partial charge in [0.15, 0.2) is 0 Å². The third kappa shape index (κ3) is 6.73. The summed E-state index contributed by atoms with van der Waals surface area (Å²) in [5.74, 6) is 0. The number of aliphatic hydroxyl groups excluding tert-OH is 1. The van der Waals surface area contributed by atoms with Crippen LogP contribution in [-0.4, -0.2) is 26.2 Å². The third-order valence-corrected chi connectivity index (χ3v) is 4.71. The summed E-state index contributed by atoms with van der Waals surface area (Å²) in [6.45, 7) is 8.00. The smallest absolute Gasteiger partial charge is 0.240 e. The molecule has 0 radical (unpaired) electrons. The molecule has 0 amide bonds. The monoisotopic (exact) mass is 325 g/mol. The van der Waals surface area contributed by atoms with Crippen LogP contribution in [0.4, 0.5) is 0 Å². The predicted molar refractivity (Wildman–Crippen MR) is 90.2 cm³/mol. The zero-order chi connectivity index (χ0) is 16.8. The Morgan fingerprint density at radius 2 is 1.82 bits per heavy atom. The van der Waals surface area contributed by atoms with Crippen molar-refractivity contribution in [3.05, 3.63) is 42.0 Å². The van der Waals surface area contributed by atoms with Crippen molar-refractivity contribution in [3.8, 4) is 0 Å². The molecule has 5 heteroatoms. The quantitative estimate of drug-likeness (QED) is 0.757. The topological polar surface area (TPSA) is 66.4 Å². The van der Waals surface area contributed by atoms with Crippen LogP contribution < -0.4 is 4.72 Å². The Labute approximate surface area is 134 Å². The molecular weight excluding hydrogens is 298 g/mol. The van der Waals surface area contributed by atoms with Crippen LogP contribution in [0.1, 0.15) is 39.2 Å². The van der Waals surface area contributed by atoms with Gasteiger partial charge in [0.2, 0.25) is 10.0 Å². The van der Waals surface area contributed by atoms with Crippen molar-refractivity contribution in [2.75, 3.05) is 6.61 Å². The number of hydrogen-bond donors (Lipinski definition) is 2. The lowest BCUT2D eigenvalue weighted by Crippen LogP contribution is -2.37. The van der Waals surface area contributed by atoms with Crippen LogP contribution in [0.3, 0.4) is 0 Å². The zero-order valence-corrected chi connectivity index (χ0v) is 14.7. The number of sulfonamides is 1. The molecule has 0 saturated carbocycles. The Morgan fingerprint density at radius 3 is 2.32 bits per heavy atom. The zero-order valence-electron chi connectivity index (χ0n) is 13.8. The second-order valence-electron chi connectivity index (χ2n) is 6.66. The molecule has 1 aromatic rings. The molecule has 2 N–H and O–H groups in total. The Hall–Kier alpha value is -1.17. The van der Waals surface area contributed by atoms with Crippen LogP contribution in [0, 0.1) is 12.3 Å². The summed E-state index contributed by atoms with van der Waals surface area (Å²) in [5.41, 5.74) is 1.11. The lowest BCUT2D eigenvalue weighted by Gasteiger charge is -2.16. The molecule has 0 aromatic heterocycles. The van der Waals surface area contributed by atoms with E-state index in [2.05, 4.69) is 31.6 Å². The van der Waals surface area contributed by atoms with Crippen LogP contribution in [-0.2, 0) is 10.0 Å². The predicted octanol–water partition coefficient (Wildman–Crippen LogP) is 3.02. The van der Waals surface area contributed by atoms with E-state index in [1.807, 2.05) is 13.0 Å². The summed E-state index contributed by atoms with van der Waals surface area (Å²) in [5, 5.41) is 9.39. The summed E-state index contributed by atoms with van der Waals surface area (Å²) in [6, 6.07) is 6.19. The Bertz CT molecular complexity index is 583. The number of allylic oxidation sites excluding steroid dienone is 2. The minimum absolute atomic E-state index is 0.107. The van der Waals surface area contributed by atoms with Crippen molar-refractivity contribution in [2.45, 2.75) is 51.5 Å². The van der Waals surface area contributed by atoms with Gasteiger partial charge in [-0.15, -0.1) is 0 Å². The number of nitrogens with one attached hydrogen (secondary N) is 1. The van der Waals surface area contributed by atoms with Gasteiger partial charge in [-0.05, 0) is 37.3 Å². The molecule has 0 aliphatic carbocycles. The first-order chi connectivity index (χ1) is 10.1. The van der Waals surface area contributed by atoms with Gasteiger partial charge < -0.3 is 5.11 Å². The molecule has 0 aliphatic heterocycles. The molecule has 4 nitrogen and oxygen atoms in total. The second kappa shape index (κ2) is 7.90. The average Bonchev–Trinajstić information content (AvgIpc) is 2.41. The maximum atomic E-state index is 12.3. The van der Waals surface area contributed by atoms with Crippen molar-refractivity contribution in [1.29, 1.82) is 0 Å². The Balaban J connectivity index is 2.65. The fourth-order valence-corrected chi connectivity index (χ4v) is 3.19. The van der Waals surface area contributed by atoms with E-state index in [0.717, 1.165) is 12.0 Å². The molecule has 124 valence electrons. The van der Waals surface area contributed by atoms with Crippen molar-refractivity contribution < 1.29 is 13.5 Å². The molecule has 1 aromatic carbocycles. The van der Waals surface area contributed by atoms with Crippen molar-refractivity contribution in [3.63, 3.8) is 0 Å². The summed E-state index contributed by atoms with van der Waals surface area (Å²) in [7, 11) is -3.59. The minimum Gasteiger partial charge on any atom is -0.395 e. The van der Waals surface area contributed by atoms with Gasteiger partial charge in [-0.1, -0.05) is 50.6 Å². The van der Waals surface area contributed by atoms with E-state index in [1.54, 1.807) is 24.3 Å². The fraction of sp³-hybridized carbons (Fsp3) is 0.529. The summed E-state index contributed by atoms with van der Waals surface area (Å²) >= 11 is 0. The van der Waals surface area contributed by atoms with Gasteiger partial charge in [-0.2, -0.15) is 0 Å². The van der Waals surface area contributed by atoms with Gasteiger partial charge in [0.05, 0.1) is 11.5 Å². The Kier molecular flexibility index (Phi) is 6.78. The van der Waals surface area contributed by atoms with E-state index in [4.69, 9.17) is 0 Å². The summed E-state index contributed by atoms with van der Waals surface area (Å²) in [6.07, 6.45) is 5.41. The van der Waals surface area contributed by atoms with Gasteiger partial charge in [0.1, 0.15) is 0 Å². The highest BCUT2D eigenvalue weighted by Crippen LogP contribution is 2.16. The number of rotatable bonds is 7. The Morgan fingerprint density at radius 1 is 1.23 bits per heavy atom. The van der Waals surface area contributed by atoms with Gasteiger partial charge in [0, 0.05) is 6.04 Å². The average molecular weight is 325 g/mol. The van der Waals surface area contributed by atoms with Gasteiger partial charge >= 0.3 is 0 Å². The van der Waals surface area contributed by atoms with E-state index < -0.39 is 16.1 Å². The van der Waals surface area contributed by atoms with E-state index in [9.17, 15) is 13.5 Å². The van der Waals surface area contributed by atoms with Crippen LogP contribution in [0.2, 0.25) is 0 Å². The van der Waals surface area contributed by atoms with Gasteiger partial charge in [-0.25, -0.2) is 13.1 Å². The van der Waals surface area contributed by atoms with E-state index in [-0.39, 0.29) is 16.9 Å². The van der Waals surface area contributed by atoms with E-state index in [1.165, 1.54) is 0 Å². The largest absolute Gasteiger partial charge is 0.395 e. The highest BCUT2D eigenvalue weighted by atomic mass is 32.2. The number of aliphatic hydroxyl groups is 1. The number of benzene rings is 1. The highest BCUT2D eigenvalue weighted by Gasteiger charge is 2.19. The van der Waals surface area contributed by atoms with Crippen LogP contribution in [0.15, 0.2) is 41.3 Å². The standard InChI is InChI=1S/C17H27NO3S/c1-14-8-10-16(11-9-14)22(20,21)18-15(13-19)7-5-6-12-17(2,3)4/h6,8-12,15,18-19H,5,7,13H2,1-4H3/b12-6+/t15-/m0/s1. The number of aryl methyl sites for hydroxylation is 1. The van der Waals surface area contributed by atoms with Crippen LogP contribution in [0.5, 0.6) is 0 Å². The van der Waals surface area contributed by atoms with Crippen molar-refractivity contribution >= 4 is 10.0 Å². The molecule has 1 atom stereocenters. The second-order valence-corrected chi connectivity index (χ2v) is 8.37. The van der Waals surface area contributed by atoms with E-state index in [0.29, 0.717) is 6.42 Å². The maximum Gasteiger partial charge on any atom is 0.240 e. The molecule has 0 spiro atoms. The molecule has 22 heavy (non-hydrogen) atoms. The molecule has 0 aliphatic rings. The van der Waals surface area contributed by atoms with Gasteiger partial charge in [-0.3, -0.25) is 0 Å². The summed E-state index contributed by atoms with van der Waals surface area (Å²) in [4.78, 5) is 0.224. The lowest BCUT2D eigenvalue weighted by molar-refractivity contribution is 0.251. The van der Waals surface area contributed by atoms with Crippen LogP contribution >= 0.6 is 0 Å². The van der Waals surface area contributed by atoms with Crippen LogP contribution in [0.25, 0.3) is 0 Å². The van der Waals surface area contributed by atoms with Crippen molar-refractivity contribution in [1.82, 2.24) is 4.72 Å². The molecule has 0 bridgehead atoms. The maximum absolute atomic E-state index is 12.3. The number of hydrogen-bond acceptors (Lipinski definition) is 3. The van der Waals surface area contributed by atoms with Crippen molar-refractivity contribution in [2.24, 2.45) is 5.41 Å². The van der Waals surface area contributed by atoms with E-state index >= 15 is 0 Å². The third-order valence-electron chi connectivity index (χ3n) is 3.17. The van der Waals surface area contributed by atoms with Gasteiger partial charge in [0.25, 0.3) is 0 Å². The SMILES string of the molecule is Cc1ccc(S(=O)(=O)N[C@H](CO)CC/C=C/C(C)(C)C)cc1. The molecular formula is C17H27NO3S. The lowest BCUT2D eigenvalue weighted by atomic mass is 9.95. The molecule has 0 saturated heterocycles. The first kappa shape index (κ1) is 18.9. The fourth-order valence-electron chi connectivity index (χ4n) is 1.93. The molecule has 0 heterocycles. The molecule has 0 unspecified atom stereocenters. The minimum atomic E-state index is -3.59. The summed E-state index contributed by atoms with van der Waals surface area (Å²) < 4.78 is 27.1. The normalized spacial score (nSPS) is 14.4. The highest BCUT2D eigenvalue weighted by molar-refractivity contribution is 7.89.